The van der Waals surface area contributed by atoms with Crippen molar-refractivity contribution in [3.63, 3.8) is 0 Å². The molecule has 0 aromatic rings. The number of aliphatic carboxylic acids is 4. The normalized spacial score (nSPS) is 11.9. The number of carbonyl (C=O) groups excluding carboxylic acids is 4. The van der Waals surface area contributed by atoms with Crippen molar-refractivity contribution in [2.75, 3.05) is 0 Å². The van der Waals surface area contributed by atoms with E-state index >= 15 is 0 Å². The van der Waals surface area contributed by atoms with Crippen molar-refractivity contribution >= 4 is 23.9 Å². The predicted octanol–water partition coefficient (Wildman–Crippen LogP) is -7.60. The van der Waals surface area contributed by atoms with E-state index in [4.69, 9.17) is 11.5 Å². The SMILES string of the molecule is N[C@@H](CC(=O)[O-])C(=O)[O-].N[C@@H](CC(=O)[O-])C(=O)[O-].[Co+4]. The summed E-state index contributed by atoms with van der Waals surface area (Å²) in [7, 11) is 0. The second kappa shape index (κ2) is 11.4. The Labute approximate surface area is 117 Å². The number of nitrogens with two attached hydrogens (primary N) is 2. The third-order valence-corrected chi connectivity index (χ3v) is 1.38. The number of hydrogen-bond donors (Lipinski definition) is 2. The number of carboxylic acid groups (broad SMARTS) is 4. The molecular formula is C8H10CoN2O8. The van der Waals surface area contributed by atoms with Gasteiger partial charge in [-0.15, -0.1) is 0 Å². The second-order valence-electron chi connectivity index (χ2n) is 3.00. The van der Waals surface area contributed by atoms with Gasteiger partial charge in [-0.3, -0.25) is 0 Å². The smallest absolute Gasteiger partial charge is 0.550 e. The summed E-state index contributed by atoms with van der Waals surface area (Å²) in [6, 6.07) is -2.93. The first kappa shape index (κ1) is 22.5. The van der Waals surface area contributed by atoms with Crippen LogP contribution in [-0.2, 0) is 36.0 Å². The molecule has 1 radical (unpaired) electrons. The monoisotopic (exact) mass is 321 g/mol. The fourth-order valence-corrected chi connectivity index (χ4v) is 0.526. The van der Waals surface area contributed by atoms with Crippen molar-refractivity contribution in [2.45, 2.75) is 24.9 Å². The summed E-state index contributed by atoms with van der Waals surface area (Å²) >= 11 is 0. The van der Waals surface area contributed by atoms with Crippen molar-refractivity contribution in [3.8, 4) is 0 Å². The molecule has 0 bridgehead atoms. The topological polar surface area (TPSA) is 213 Å². The maximum Gasteiger partial charge on any atom is 4.00 e. The van der Waals surface area contributed by atoms with Crippen molar-refractivity contribution < 1.29 is 56.4 Å². The fraction of sp³-hybridized carbons (Fsp3) is 0.500. The van der Waals surface area contributed by atoms with Gasteiger partial charge in [0.05, 0.1) is 11.9 Å². The molecule has 0 saturated carbocycles. The summed E-state index contributed by atoms with van der Waals surface area (Å²) in [5.41, 5.74) is 9.47. The van der Waals surface area contributed by atoms with Crippen LogP contribution >= 0.6 is 0 Å². The Hall–Kier alpha value is -1.69. The predicted molar refractivity (Wildman–Crippen MR) is 45.2 cm³/mol. The molecular weight excluding hydrogens is 311 g/mol. The van der Waals surface area contributed by atoms with Crippen LogP contribution in [0.5, 0.6) is 0 Å². The number of rotatable bonds is 6. The van der Waals surface area contributed by atoms with Crippen LogP contribution in [0.25, 0.3) is 0 Å². The molecule has 0 unspecified atom stereocenters. The van der Waals surface area contributed by atoms with Crippen LogP contribution in [0.3, 0.4) is 0 Å². The minimum Gasteiger partial charge on any atom is -0.550 e. The van der Waals surface area contributed by atoms with Gasteiger partial charge < -0.3 is 51.1 Å². The first-order valence-electron chi connectivity index (χ1n) is 4.40. The van der Waals surface area contributed by atoms with E-state index in [0.717, 1.165) is 0 Å². The standard InChI is InChI=1S/2C4H7NO4.Co/c2*5-2(4(8)9)1-3(6)7;/h2*2H,1,5H2,(H,6,7)(H,8,9);/q;;+4/p-4/t2*2-;/m00./s1. The average Bonchev–Trinajstić information content (AvgIpc) is 2.16. The van der Waals surface area contributed by atoms with Crippen LogP contribution < -0.4 is 31.9 Å². The van der Waals surface area contributed by atoms with E-state index in [1.807, 2.05) is 0 Å². The first-order valence-corrected chi connectivity index (χ1v) is 4.40. The van der Waals surface area contributed by atoms with Gasteiger partial charge in [0.1, 0.15) is 0 Å². The Morgan fingerprint density at radius 2 is 0.947 bits per heavy atom. The second-order valence-corrected chi connectivity index (χ2v) is 3.00. The average molecular weight is 321 g/mol. The van der Waals surface area contributed by atoms with Crippen molar-refractivity contribution in [1.82, 2.24) is 0 Å². The van der Waals surface area contributed by atoms with Gasteiger partial charge in [0.15, 0.2) is 0 Å². The van der Waals surface area contributed by atoms with Crippen molar-refractivity contribution in [2.24, 2.45) is 11.5 Å². The summed E-state index contributed by atoms with van der Waals surface area (Å²) in [4.78, 5) is 38.7. The van der Waals surface area contributed by atoms with Crippen LogP contribution in [0.2, 0.25) is 0 Å². The van der Waals surface area contributed by atoms with Crippen LogP contribution in [0.1, 0.15) is 12.8 Å². The third-order valence-electron chi connectivity index (χ3n) is 1.38. The molecule has 109 valence electrons. The zero-order valence-electron chi connectivity index (χ0n) is 9.32. The minimum atomic E-state index is -1.58. The zero-order chi connectivity index (χ0) is 14.9. The molecule has 0 aliphatic carbocycles. The van der Waals surface area contributed by atoms with Gasteiger partial charge in [-0.1, -0.05) is 0 Å². The van der Waals surface area contributed by atoms with E-state index in [1.54, 1.807) is 0 Å². The minimum absolute atomic E-state index is 0. The molecule has 2 atom stereocenters. The number of hydrogen-bond acceptors (Lipinski definition) is 10. The van der Waals surface area contributed by atoms with Gasteiger partial charge in [-0.25, -0.2) is 0 Å². The maximum absolute atomic E-state index is 9.71. The summed E-state index contributed by atoms with van der Waals surface area (Å²) < 4.78 is 0. The molecule has 19 heavy (non-hydrogen) atoms. The molecule has 0 saturated heterocycles. The van der Waals surface area contributed by atoms with Crippen LogP contribution in [0, 0.1) is 0 Å². The van der Waals surface area contributed by atoms with Gasteiger partial charge in [-0.2, -0.15) is 0 Å². The van der Waals surface area contributed by atoms with E-state index in [0.29, 0.717) is 0 Å². The molecule has 0 fully saturated rings. The van der Waals surface area contributed by atoms with E-state index < -0.39 is 48.8 Å². The molecule has 0 amide bonds. The first-order chi connectivity index (χ1) is 8.07. The Kier molecular flexibility index (Phi) is 13.5. The molecule has 0 aromatic carbocycles. The Balaban J connectivity index is -0.000000256. The van der Waals surface area contributed by atoms with Gasteiger partial charge in [-0.05, 0) is 0 Å². The molecule has 0 aliphatic rings. The molecule has 0 spiro atoms. The molecule has 4 N–H and O–H groups in total. The summed E-state index contributed by atoms with van der Waals surface area (Å²) in [5.74, 6) is -6.16. The Bertz CT molecular complexity index is 303. The summed E-state index contributed by atoms with van der Waals surface area (Å²) in [6.45, 7) is 0. The Morgan fingerprint density at radius 3 is 1.00 bits per heavy atom. The van der Waals surface area contributed by atoms with E-state index in [2.05, 4.69) is 0 Å². The quantitative estimate of drug-likeness (QED) is 0.471. The maximum atomic E-state index is 9.71. The van der Waals surface area contributed by atoms with Gasteiger partial charge in [0, 0.05) is 36.9 Å². The van der Waals surface area contributed by atoms with E-state index in [1.165, 1.54) is 0 Å². The van der Waals surface area contributed by atoms with E-state index in [-0.39, 0.29) is 16.8 Å². The molecule has 0 aliphatic heterocycles. The van der Waals surface area contributed by atoms with Gasteiger partial charge in [0.25, 0.3) is 0 Å². The zero-order valence-corrected chi connectivity index (χ0v) is 10.4. The fourth-order valence-electron chi connectivity index (χ4n) is 0.526. The van der Waals surface area contributed by atoms with Gasteiger partial charge in [0.2, 0.25) is 0 Å². The summed E-state index contributed by atoms with van der Waals surface area (Å²) in [6.07, 6.45) is -1.41. The van der Waals surface area contributed by atoms with Crippen LogP contribution in [0.4, 0.5) is 0 Å². The number of carboxylic acids is 4. The van der Waals surface area contributed by atoms with Crippen LogP contribution in [-0.4, -0.2) is 36.0 Å². The third kappa shape index (κ3) is 16.3. The van der Waals surface area contributed by atoms with Crippen molar-refractivity contribution in [3.05, 3.63) is 0 Å². The van der Waals surface area contributed by atoms with Crippen molar-refractivity contribution in [1.29, 1.82) is 0 Å². The summed E-state index contributed by atoms with van der Waals surface area (Å²) in [5, 5.41) is 38.7. The van der Waals surface area contributed by atoms with Gasteiger partial charge >= 0.3 is 16.8 Å². The molecule has 11 heteroatoms. The Morgan fingerprint density at radius 1 is 0.737 bits per heavy atom. The molecule has 0 rings (SSSR count). The number of carbonyl (C=O) groups is 4. The van der Waals surface area contributed by atoms with E-state index in [9.17, 15) is 39.6 Å². The van der Waals surface area contributed by atoms with Crippen LogP contribution in [0.15, 0.2) is 0 Å². The molecule has 10 nitrogen and oxygen atoms in total. The largest absolute Gasteiger partial charge is 4.00 e. The molecule has 0 aromatic heterocycles. The molecule has 0 heterocycles.